The van der Waals surface area contributed by atoms with Gasteiger partial charge in [-0.2, -0.15) is 13.2 Å². The lowest BCUT2D eigenvalue weighted by atomic mass is 9.90. The van der Waals surface area contributed by atoms with Gasteiger partial charge in [0.25, 0.3) is 0 Å². The van der Waals surface area contributed by atoms with Crippen LogP contribution in [0, 0.1) is 0 Å². The maximum atomic E-state index is 12.4. The van der Waals surface area contributed by atoms with E-state index in [2.05, 4.69) is 15.3 Å². The highest BCUT2D eigenvalue weighted by Gasteiger charge is 2.32. The average Bonchev–Trinajstić information content (AvgIpc) is 2.56. The topological polar surface area (TPSA) is 47.0 Å². The van der Waals surface area contributed by atoms with Crippen molar-refractivity contribution in [3.63, 3.8) is 0 Å². The second kappa shape index (κ2) is 6.54. The number of benzene rings is 1. The van der Waals surface area contributed by atoms with Crippen LogP contribution in [0.5, 0.6) is 11.6 Å². The van der Waals surface area contributed by atoms with Gasteiger partial charge in [-0.1, -0.05) is 12.1 Å². The molecule has 0 amide bonds. The number of ether oxygens (including phenoxy) is 1. The molecule has 1 fully saturated rings. The molecule has 23 heavy (non-hydrogen) atoms. The standard InChI is InChI=1S/C16H16F3N3O/c17-16(18,19)14-9-22-15(10-21-14)23-13-3-1-11(2-4-13)12-5-7-20-8-6-12/h1-4,9-10,12,20H,5-8H2. The van der Waals surface area contributed by atoms with Crippen LogP contribution in [-0.2, 0) is 6.18 Å². The molecule has 1 aliphatic heterocycles. The Bertz CT molecular complexity index is 635. The van der Waals surface area contributed by atoms with Gasteiger partial charge in [-0.05, 0) is 49.5 Å². The summed E-state index contributed by atoms with van der Waals surface area (Å²) in [5, 5.41) is 3.32. The molecule has 1 aromatic heterocycles. The molecule has 1 aliphatic rings. The Morgan fingerprint density at radius 2 is 1.70 bits per heavy atom. The zero-order valence-electron chi connectivity index (χ0n) is 12.3. The second-order valence-corrected chi connectivity index (χ2v) is 5.43. The fourth-order valence-electron chi connectivity index (χ4n) is 2.60. The van der Waals surface area contributed by atoms with Crippen LogP contribution in [0.3, 0.4) is 0 Å². The van der Waals surface area contributed by atoms with Gasteiger partial charge < -0.3 is 10.1 Å². The first-order valence-electron chi connectivity index (χ1n) is 7.40. The van der Waals surface area contributed by atoms with Crippen LogP contribution in [0.4, 0.5) is 13.2 Å². The Kier molecular flexibility index (Phi) is 4.47. The first kappa shape index (κ1) is 15.7. The van der Waals surface area contributed by atoms with Crippen molar-refractivity contribution >= 4 is 0 Å². The van der Waals surface area contributed by atoms with Gasteiger partial charge in [-0.25, -0.2) is 9.97 Å². The van der Waals surface area contributed by atoms with E-state index < -0.39 is 11.9 Å². The molecule has 7 heteroatoms. The van der Waals surface area contributed by atoms with Crippen molar-refractivity contribution in [2.75, 3.05) is 13.1 Å². The predicted octanol–water partition coefficient (Wildman–Crippen LogP) is 3.75. The average molecular weight is 323 g/mol. The molecule has 1 N–H and O–H groups in total. The summed E-state index contributed by atoms with van der Waals surface area (Å²) in [6.07, 6.45) is -0.653. The highest BCUT2D eigenvalue weighted by molar-refractivity contribution is 5.32. The summed E-state index contributed by atoms with van der Waals surface area (Å²) in [5.74, 6) is 1.10. The third-order valence-corrected chi connectivity index (χ3v) is 3.83. The molecule has 2 aromatic rings. The maximum absolute atomic E-state index is 12.4. The first-order chi connectivity index (χ1) is 11.0. The summed E-state index contributed by atoms with van der Waals surface area (Å²) in [4.78, 5) is 6.96. The number of rotatable bonds is 3. The fraction of sp³-hybridized carbons (Fsp3) is 0.375. The van der Waals surface area contributed by atoms with Gasteiger partial charge in [0.05, 0.1) is 12.4 Å². The largest absolute Gasteiger partial charge is 0.438 e. The van der Waals surface area contributed by atoms with Crippen molar-refractivity contribution in [3.05, 3.63) is 47.9 Å². The van der Waals surface area contributed by atoms with Gasteiger partial charge in [0.2, 0.25) is 5.88 Å². The molecule has 3 rings (SSSR count). The molecule has 0 spiro atoms. The van der Waals surface area contributed by atoms with E-state index in [1.807, 2.05) is 12.1 Å². The highest BCUT2D eigenvalue weighted by atomic mass is 19.4. The minimum atomic E-state index is -4.50. The van der Waals surface area contributed by atoms with Crippen LogP contribution in [0.25, 0.3) is 0 Å². The van der Waals surface area contributed by atoms with E-state index in [1.165, 1.54) is 5.56 Å². The lowest BCUT2D eigenvalue weighted by molar-refractivity contribution is -0.141. The Labute approximate surface area is 131 Å². The fourth-order valence-corrected chi connectivity index (χ4v) is 2.60. The van der Waals surface area contributed by atoms with Crippen molar-refractivity contribution in [2.24, 2.45) is 0 Å². The second-order valence-electron chi connectivity index (χ2n) is 5.43. The van der Waals surface area contributed by atoms with Crippen LogP contribution in [0.1, 0.15) is 30.0 Å². The predicted molar refractivity (Wildman–Crippen MR) is 78.4 cm³/mol. The quantitative estimate of drug-likeness (QED) is 0.934. The van der Waals surface area contributed by atoms with Crippen LogP contribution >= 0.6 is 0 Å². The Morgan fingerprint density at radius 3 is 2.26 bits per heavy atom. The SMILES string of the molecule is FC(F)(F)c1cnc(Oc2ccc(C3CCNCC3)cc2)cn1. The number of nitrogens with one attached hydrogen (secondary N) is 1. The smallest absolute Gasteiger partial charge is 0.434 e. The molecule has 122 valence electrons. The number of hydrogen-bond acceptors (Lipinski definition) is 4. The van der Waals surface area contributed by atoms with E-state index in [1.54, 1.807) is 12.1 Å². The number of alkyl halides is 3. The van der Waals surface area contributed by atoms with Crippen molar-refractivity contribution in [3.8, 4) is 11.6 Å². The molecule has 0 aliphatic carbocycles. The van der Waals surface area contributed by atoms with E-state index in [-0.39, 0.29) is 5.88 Å². The molecule has 0 bridgehead atoms. The van der Waals surface area contributed by atoms with Gasteiger partial charge >= 0.3 is 6.18 Å². The summed E-state index contributed by atoms with van der Waals surface area (Å²) in [7, 11) is 0. The van der Waals surface area contributed by atoms with E-state index in [4.69, 9.17) is 4.74 Å². The van der Waals surface area contributed by atoms with Gasteiger partial charge in [0.15, 0.2) is 5.69 Å². The Balaban J connectivity index is 1.66. The summed E-state index contributed by atoms with van der Waals surface area (Å²) in [6.45, 7) is 2.04. The zero-order valence-corrected chi connectivity index (χ0v) is 12.3. The normalized spacial score (nSPS) is 16.3. The van der Waals surface area contributed by atoms with Crippen molar-refractivity contribution in [1.82, 2.24) is 15.3 Å². The third kappa shape index (κ3) is 3.98. The lowest BCUT2D eigenvalue weighted by Crippen LogP contribution is -2.26. The van der Waals surface area contributed by atoms with Crippen LogP contribution in [0.15, 0.2) is 36.7 Å². The van der Waals surface area contributed by atoms with Crippen molar-refractivity contribution in [2.45, 2.75) is 24.9 Å². The van der Waals surface area contributed by atoms with Gasteiger partial charge in [-0.3, -0.25) is 0 Å². The molecular weight excluding hydrogens is 307 g/mol. The van der Waals surface area contributed by atoms with Crippen molar-refractivity contribution in [1.29, 1.82) is 0 Å². The van der Waals surface area contributed by atoms with Gasteiger partial charge in [-0.15, -0.1) is 0 Å². The molecule has 2 heterocycles. The number of nitrogens with zero attached hydrogens (tertiary/aromatic N) is 2. The highest BCUT2D eigenvalue weighted by Crippen LogP contribution is 2.29. The number of aromatic nitrogens is 2. The number of hydrogen-bond donors (Lipinski definition) is 1. The Hall–Kier alpha value is -2.15. The lowest BCUT2D eigenvalue weighted by Gasteiger charge is -2.23. The Morgan fingerprint density at radius 1 is 1.00 bits per heavy atom. The van der Waals surface area contributed by atoms with E-state index in [9.17, 15) is 13.2 Å². The van der Waals surface area contributed by atoms with Gasteiger partial charge in [0.1, 0.15) is 5.75 Å². The summed E-state index contributed by atoms with van der Waals surface area (Å²) in [6, 6.07) is 7.58. The molecular formula is C16H16F3N3O. The van der Waals surface area contributed by atoms with Gasteiger partial charge in [0, 0.05) is 0 Å². The summed E-state index contributed by atoms with van der Waals surface area (Å²) >= 11 is 0. The minimum Gasteiger partial charge on any atom is -0.438 e. The maximum Gasteiger partial charge on any atom is 0.434 e. The molecule has 0 saturated carbocycles. The number of piperidine rings is 1. The molecule has 0 radical (unpaired) electrons. The molecule has 1 aromatic carbocycles. The summed E-state index contributed by atoms with van der Waals surface area (Å²) < 4.78 is 42.7. The molecule has 1 saturated heterocycles. The minimum absolute atomic E-state index is 0.0348. The zero-order chi connectivity index (χ0) is 16.3. The first-order valence-corrected chi connectivity index (χ1v) is 7.40. The van der Waals surface area contributed by atoms with Crippen LogP contribution in [-0.4, -0.2) is 23.1 Å². The molecule has 4 nitrogen and oxygen atoms in total. The number of halogens is 3. The summed E-state index contributed by atoms with van der Waals surface area (Å²) in [5.41, 5.74) is 0.212. The molecule has 0 unspecified atom stereocenters. The van der Waals surface area contributed by atoms with Crippen LogP contribution < -0.4 is 10.1 Å². The third-order valence-electron chi connectivity index (χ3n) is 3.83. The van der Waals surface area contributed by atoms with E-state index in [0.717, 1.165) is 32.1 Å². The monoisotopic (exact) mass is 323 g/mol. The van der Waals surface area contributed by atoms with Crippen molar-refractivity contribution < 1.29 is 17.9 Å². The molecule has 0 atom stereocenters. The van der Waals surface area contributed by atoms with E-state index >= 15 is 0 Å². The van der Waals surface area contributed by atoms with E-state index in [0.29, 0.717) is 17.9 Å². The van der Waals surface area contributed by atoms with Crippen LogP contribution in [0.2, 0.25) is 0 Å².